The van der Waals surface area contributed by atoms with Crippen LogP contribution < -0.4 is 5.32 Å². The molecule has 4 aromatic rings. The Hall–Kier alpha value is -2.93. The molecule has 0 aliphatic carbocycles. The number of fused-ring (bicyclic) bond motifs is 1. The molecule has 4 rings (SSSR count). The highest BCUT2D eigenvalue weighted by molar-refractivity contribution is 7.09. The van der Waals surface area contributed by atoms with Crippen molar-refractivity contribution >= 4 is 28.3 Å². The number of rotatable bonds is 7. The highest BCUT2D eigenvalue weighted by atomic mass is 32.1. The Labute approximate surface area is 167 Å². The standard InChI is InChI=1S/C21H23N5OS/c1-15-13-16(2)23-20-19(15)21(25-9-3-4-10-25)24-26(20)11-5-8-18(27)22-14-17-7-6-12-28-17/h3-4,6-7,9-10,12-13H,5,8,11,14H2,1-2H3,(H,22,27). The van der Waals surface area contributed by atoms with E-state index in [9.17, 15) is 4.79 Å². The second kappa shape index (κ2) is 7.98. The summed E-state index contributed by atoms with van der Waals surface area (Å²) in [5.74, 6) is 0.947. The molecule has 0 bridgehead atoms. The summed E-state index contributed by atoms with van der Waals surface area (Å²) in [6.45, 7) is 5.34. The van der Waals surface area contributed by atoms with Crippen LogP contribution >= 0.6 is 11.3 Å². The van der Waals surface area contributed by atoms with Gasteiger partial charge in [0.25, 0.3) is 0 Å². The quantitative estimate of drug-likeness (QED) is 0.516. The van der Waals surface area contributed by atoms with Gasteiger partial charge in [-0.1, -0.05) is 6.07 Å². The van der Waals surface area contributed by atoms with Gasteiger partial charge in [-0.05, 0) is 55.5 Å². The number of carbonyl (C=O) groups is 1. The summed E-state index contributed by atoms with van der Waals surface area (Å²) in [4.78, 5) is 18.0. The molecule has 1 N–H and O–H groups in total. The fourth-order valence-corrected chi connectivity index (χ4v) is 4.03. The Balaban J connectivity index is 1.48. The molecule has 1 amide bonds. The van der Waals surface area contributed by atoms with Crippen LogP contribution in [0.25, 0.3) is 16.9 Å². The van der Waals surface area contributed by atoms with Crippen molar-refractivity contribution in [3.8, 4) is 5.82 Å². The van der Waals surface area contributed by atoms with E-state index >= 15 is 0 Å². The molecule has 0 spiro atoms. The topological polar surface area (TPSA) is 64.7 Å². The molecular weight excluding hydrogens is 370 g/mol. The van der Waals surface area contributed by atoms with Gasteiger partial charge in [-0.3, -0.25) is 4.79 Å². The summed E-state index contributed by atoms with van der Waals surface area (Å²) in [6, 6.07) is 10.1. The van der Waals surface area contributed by atoms with Crippen LogP contribution in [0.3, 0.4) is 0 Å². The number of carbonyl (C=O) groups excluding carboxylic acids is 1. The maximum atomic E-state index is 12.1. The molecule has 0 saturated heterocycles. The first-order valence-electron chi connectivity index (χ1n) is 9.39. The number of thiophene rings is 1. The van der Waals surface area contributed by atoms with E-state index in [0.29, 0.717) is 25.9 Å². The second-order valence-corrected chi connectivity index (χ2v) is 7.91. The van der Waals surface area contributed by atoms with Crippen LogP contribution in [-0.2, 0) is 17.9 Å². The zero-order valence-electron chi connectivity index (χ0n) is 16.1. The maximum absolute atomic E-state index is 12.1. The Morgan fingerprint density at radius 3 is 2.79 bits per heavy atom. The fraction of sp³-hybridized carbons (Fsp3) is 0.286. The monoisotopic (exact) mass is 393 g/mol. The summed E-state index contributed by atoms with van der Waals surface area (Å²) in [6.07, 6.45) is 5.16. The summed E-state index contributed by atoms with van der Waals surface area (Å²) >= 11 is 1.65. The van der Waals surface area contributed by atoms with Crippen molar-refractivity contribution in [3.05, 3.63) is 64.2 Å². The molecule has 0 atom stereocenters. The molecule has 7 heteroatoms. The molecule has 0 aliphatic rings. The third-order valence-corrected chi connectivity index (χ3v) is 5.55. The average molecular weight is 394 g/mol. The van der Waals surface area contributed by atoms with E-state index in [1.165, 1.54) is 0 Å². The van der Waals surface area contributed by atoms with Crippen LogP contribution in [0.1, 0.15) is 29.0 Å². The van der Waals surface area contributed by atoms with E-state index in [2.05, 4.69) is 18.3 Å². The van der Waals surface area contributed by atoms with Gasteiger partial charge < -0.3 is 9.88 Å². The van der Waals surface area contributed by atoms with E-state index in [1.54, 1.807) is 11.3 Å². The minimum Gasteiger partial charge on any atom is -0.351 e. The van der Waals surface area contributed by atoms with Crippen LogP contribution in [0.5, 0.6) is 0 Å². The molecule has 0 radical (unpaired) electrons. The molecule has 0 fully saturated rings. The van der Waals surface area contributed by atoms with E-state index < -0.39 is 0 Å². The molecule has 28 heavy (non-hydrogen) atoms. The van der Waals surface area contributed by atoms with Crippen LogP contribution in [0, 0.1) is 13.8 Å². The number of nitrogens with one attached hydrogen (secondary N) is 1. The maximum Gasteiger partial charge on any atom is 0.220 e. The van der Waals surface area contributed by atoms with E-state index in [4.69, 9.17) is 10.1 Å². The zero-order chi connectivity index (χ0) is 19.5. The van der Waals surface area contributed by atoms with Crippen molar-refractivity contribution in [3.63, 3.8) is 0 Å². The Morgan fingerprint density at radius 1 is 1.21 bits per heavy atom. The molecule has 0 aromatic carbocycles. The van der Waals surface area contributed by atoms with E-state index in [0.717, 1.165) is 33.0 Å². The summed E-state index contributed by atoms with van der Waals surface area (Å²) in [5.41, 5.74) is 3.00. The second-order valence-electron chi connectivity index (χ2n) is 6.88. The summed E-state index contributed by atoms with van der Waals surface area (Å²) in [5, 5.41) is 10.9. The van der Waals surface area contributed by atoms with Gasteiger partial charge in [0, 0.05) is 35.9 Å². The number of nitrogens with zero attached hydrogens (tertiary/aromatic N) is 4. The van der Waals surface area contributed by atoms with Crippen molar-refractivity contribution in [2.24, 2.45) is 0 Å². The third-order valence-electron chi connectivity index (χ3n) is 4.67. The number of amides is 1. The van der Waals surface area contributed by atoms with Crippen molar-refractivity contribution in [2.45, 2.75) is 39.8 Å². The summed E-state index contributed by atoms with van der Waals surface area (Å²) in [7, 11) is 0. The highest BCUT2D eigenvalue weighted by Gasteiger charge is 2.16. The molecule has 0 saturated carbocycles. The molecule has 4 aromatic heterocycles. The number of aromatic nitrogens is 4. The van der Waals surface area contributed by atoms with Gasteiger partial charge >= 0.3 is 0 Å². The van der Waals surface area contributed by atoms with Crippen molar-refractivity contribution < 1.29 is 4.79 Å². The lowest BCUT2D eigenvalue weighted by atomic mass is 10.2. The van der Waals surface area contributed by atoms with Crippen LogP contribution in [0.4, 0.5) is 0 Å². The smallest absolute Gasteiger partial charge is 0.220 e. The van der Waals surface area contributed by atoms with Gasteiger partial charge in [-0.25, -0.2) is 9.67 Å². The van der Waals surface area contributed by atoms with Gasteiger partial charge in [0.05, 0.1) is 11.9 Å². The van der Waals surface area contributed by atoms with Gasteiger partial charge in [-0.15, -0.1) is 11.3 Å². The fourth-order valence-electron chi connectivity index (χ4n) is 3.38. The zero-order valence-corrected chi connectivity index (χ0v) is 16.9. The predicted molar refractivity (Wildman–Crippen MR) is 112 cm³/mol. The van der Waals surface area contributed by atoms with Gasteiger partial charge in [0.15, 0.2) is 11.5 Å². The SMILES string of the molecule is Cc1cc(C)c2c(-n3cccc3)nn(CCCC(=O)NCc3cccs3)c2n1. The molecule has 144 valence electrons. The average Bonchev–Trinajstić information content (AvgIpc) is 3.41. The lowest BCUT2D eigenvalue weighted by molar-refractivity contribution is -0.121. The molecule has 6 nitrogen and oxygen atoms in total. The number of hydrogen-bond donors (Lipinski definition) is 1. The normalized spacial score (nSPS) is 11.2. The Bertz CT molecular complexity index is 1080. The predicted octanol–water partition coefficient (Wildman–Crippen LogP) is 4.00. The number of aryl methyl sites for hydroxylation is 3. The van der Waals surface area contributed by atoms with Crippen molar-refractivity contribution in [1.82, 2.24) is 24.6 Å². The van der Waals surface area contributed by atoms with Gasteiger partial charge in [0.2, 0.25) is 5.91 Å². The Kier molecular flexibility index (Phi) is 5.25. The summed E-state index contributed by atoms with van der Waals surface area (Å²) < 4.78 is 3.94. The number of hydrogen-bond acceptors (Lipinski definition) is 4. The van der Waals surface area contributed by atoms with E-state index in [-0.39, 0.29) is 5.91 Å². The van der Waals surface area contributed by atoms with Crippen molar-refractivity contribution in [2.75, 3.05) is 0 Å². The van der Waals surface area contributed by atoms with E-state index in [1.807, 2.05) is 58.2 Å². The molecule has 0 aliphatic heterocycles. The largest absolute Gasteiger partial charge is 0.351 e. The highest BCUT2D eigenvalue weighted by Crippen LogP contribution is 2.25. The lowest BCUT2D eigenvalue weighted by Gasteiger charge is -2.05. The van der Waals surface area contributed by atoms with Crippen LogP contribution in [-0.4, -0.2) is 25.2 Å². The Morgan fingerprint density at radius 2 is 2.04 bits per heavy atom. The first-order valence-corrected chi connectivity index (χ1v) is 10.3. The van der Waals surface area contributed by atoms with Crippen LogP contribution in [0.2, 0.25) is 0 Å². The minimum absolute atomic E-state index is 0.0656. The van der Waals surface area contributed by atoms with Gasteiger partial charge in [0.1, 0.15) is 0 Å². The lowest BCUT2D eigenvalue weighted by Crippen LogP contribution is -2.22. The van der Waals surface area contributed by atoms with Crippen LogP contribution in [0.15, 0.2) is 48.1 Å². The van der Waals surface area contributed by atoms with Crippen molar-refractivity contribution in [1.29, 1.82) is 0 Å². The molecule has 0 unspecified atom stereocenters. The number of pyridine rings is 1. The molecule has 4 heterocycles. The first kappa shape index (κ1) is 18.4. The minimum atomic E-state index is 0.0656. The first-order chi connectivity index (χ1) is 13.6. The van der Waals surface area contributed by atoms with Gasteiger partial charge in [-0.2, -0.15) is 5.10 Å². The third kappa shape index (κ3) is 3.84. The molecular formula is C21H23N5OS.